The molecule has 86 valence electrons. The second-order valence-corrected chi connectivity index (χ2v) is 4.22. The van der Waals surface area contributed by atoms with Crippen LogP contribution in [0.1, 0.15) is 5.56 Å². The summed E-state index contributed by atoms with van der Waals surface area (Å²) in [6.45, 7) is 0. The van der Waals surface area contributed by atoms with Crippen LogP contribution in [-0.4, -0.2) is 6.29 Å². The molecule has 0 aromatic heterocycles. The van der Waals surface area contributed by atoms with E-state index < -0.39 is 0 Å². The van der Waals surface area contributed by atoms with Gasteiger partial charge >= 0.3 is 0 Å². The zero-order valence-electron chi connectivity index (χ0n) is 9.70. The van der Waals surface area contributed by atoms with Crippen molar-refractivity contribution in [2.24, 2.45) is 11.8 Å². The molecule has 1 nitrogen and oxygen atoms in total. The van der Waals surface area contributed by atoms with E-state index in [0.717, 1.165) is 12.7 Å². The van der Waals surface area contributed by atoms with Crippen molar-refractivity contribution < 1.29 is 4.79 Å². The van der Waals surface area contributed by atoms with Crippen LogP contribution in [0, 0.1) is 11.8 Å². The quantitative estimate of drug-likeness (QED) is 0.717. The van der Waals surface area contributed by atoms with Crippen molar-refractivity contribution in [1.82, 2.24) is 0 Å². The van der Waals surface area contributed by atoms with Crippen LogP contribution in [0.15, 0.2) is 66.8 Å². The fourth-order valence-corrected chi connectivity index (χ4v) is 2.02. The molecular weight excluding hydrogens is 208 g/mol. The molecule has 0 fully saturated rings. The summed E-state index contributed by atoms with van der Waals surface area (Å²) in [5.41, 5.74) is 1.21. The van der Waals surface area contributed by atoms with Gasteiger partial charge in [-0.3, -0.25) is 0 Å². The van der Waals surface area contributed by atoms with Crippen LogP contribution in [0.4, 0.5) is 0 Å². The lowest BCUT2D eigenvalue weighted by Crippen LogP contribution is -2.15. The minimum Gasteiger partial charge on any atom is -0.303 e. The first-order valence-electron chi connectivity index (χ1n) is 5.91. The second kappa shape index (κ2) is 6.00. The first kappa shape index (κ1) is 11.6. The summed E-state index contributed by atoms with van der Waals surface area (Å²) in [4.78, 5) is 11.2. The Bertz CT molecular complexity index is 424. The highest BCUT2D eigenvalue weighted by atomic mass is 16.1. The molecule has 17 heavy (non-hydrogen) atoms. The van der Waals surface area contributed by atoms with Crippen LogP contribution in [0.25, 0.3) is 0 Å². The topological polar surface area (TPSA) is 17.1 Å². The zero-order chi connectivity index (χ0) is 11.9. The maximum absolute atomic E-state index is 11.2. The molecule has 0 bridgehead atoms. The number of aldehydes is 1. The summed E-state index contributed by atoms with van der Waals surface area (Å²) in [6, 6.07) is 10.2. The Morgan fingerprint density at radius 2 is 1.65 bits per heavy atom. The van der Waals surface area contributed by atoms with E-state index in [1.807, 2.05) is 42.5 Å². The van der Waals surface area contributed by atoms with Crippen molar-refractivity contribution >= 4 is 6.29 Å². The molecular formula is C16H16O. The molecule has 0 heterocycles. The number of hydrogen-bond donors (Lipinski definition) is 0. The Morgan fingerprint density at radius 3 is 2.24 bits per heavy atom. The van der Waals surface area contributed by atoms with Crippen LogP contribution < -0.4 is 0 Å². The standard InChI is InChI=1S/C16H16O/c17-13-16(12-14-8-4-3-5-9-14)15-10-6-1-2-7-11-15/h1-11,13,15-16H,12H2/t16-/m1/s1. The average Bonchev–Trinajstić information content (AvgIpc) is 2.66. The van der Waals surface area contributed by atoms with Crippen LogP contribution in [-0.2, 0) is 11.2 Å². The molecule has 0 radical (unpaired) electrons. The molecule has 1 aromatic rings. The third-order valence-corrected chi connectivity index (χ3v) is 2.98. The molecule has 0 N–H and O–H groups in total. The van der Waals surface area contributed by atoms with Crippen molar-refractivity contribution in [2.45, 2.75) is 6.42 Å². The molecule has 0 saturated carbocycles. The van der Waals surface area contributed by atoms with Gasteiger partial charge in [0.05, 0.1) is 0 Å². The summed E-state index contributed by atoms with van der Waals surface area (Å²) in [7, 11) is 0. The Balaban J connectivity index is 2.09. The molecule has 0 spiro atoms. The molecule has 1 atom stereocenters. The van der Waals surface area contributed by atoms with Crippen LogP contribution in [0.5, 0.6) is 0 Å². The Morgan fingerprint density at radius 1 is 1.00 bits per heavy atom. The van der Waals surface area contributed by atoms with Crippen molar-refractivity contribution in [3.8, 4) is 0 Å². The third kappa shape index (κ3) is 3.28. The van der Waals surface area contributed by atoms with Gasteiger partial charge < -0.3 is 4.79 Å². The van der Waals surface area contributed by atoms with Crippen molar-refractivity contribution in [3.05, 3.63) is 72.4 Å². The van der Waals surface area contributed by atoms with Crippen LogP contribution in [0.3, 0.4) is 0 Å². The average molecular weight is 224 g/mol. The third-order valence-electron chi connectivity index (χ3n) is 2.98. The lowest BCUT2D eigenvalue weighted by molar-refractivity contribution is -0.111. The molecule has 0 amide bonds. The van der Waals surface area contributed by atoms with E-state index >= 15 is 0 Å². The van der Waals surface area contributed by atoms with Gasteiger partial charge in [0.25, 0.3) is 0 Å². The van der Waals surface area contributed by atoms with Crippen LogP contribution in [0.2, 0.25) is 0 Å². The van der Waals surface area contributed by atoms with Gasteiger partial charge in [0, 0.05) is 11.8 Å². The molecule has 1 aliphatic carbocycles. The summed E-state index contributed by atoms with van der Waals surface area (Å²) in [5.74, 6) is 0.215. The van der Waals surface area contributed by atoms with Crippen LogP contribution >= 0.6 is 0 Å². The van der Waals surface area contributed by atoms with E-state index in [1.54, 1.807) is 0 Å². The van der Waals surface area contributed by atoms with Gasteiger partial charge in [-0.25, -0.2) is 0 Å². The Labute approximate surface area is 102 Å². The number of rotatable bonds is 4. The van der Waals surface area contributed by atoms with Crippen molar-refractivity contribution in [3.63, 3.8) is 0 Å². The summed E-state index contributed by atoms with van der Waals surface area (Å²) >= 11 is 0. The van der Waals surface area contributed by atoms with Gasteiger partial charge in [0.1, 0.15) is 6.29 Å². The highest BCUT2D eigenvalue weighted by Gasteiger charge is 2.16. The lowest BCUT2D eigenvalue weighted by Gasteiger charge is -2.16. The second-order valence-electron chi connectivity index (χ2n) is 4.22. The molecule has 1 aromatic carbocycles. The fraction of sp³-hybridized carbons (Fsp3) is 0.188. The maximum atomic E-state index is 11.2. The number of allylic oxidation sites excluding steroid dienone is 6. The SMILES string of the molecule is O=C[C@@H](Cc1ccccc1)C1C=CC=CC=C1. The number of hydrogen-bond acceptors (Lipinski definition) is 1. The molecule has 0 saturated heterocycles. The van der Waals surface area contributed by atoms with Gasteiger partial charge in [-0.2, -0.15) is 0 Å². The maximum Gasteiger partial charge on any atom is 0.124 e. The van der Waals surface area contributed by atoms with E-state index in [0.29, 0.717) is 0 Å². The Kier molecular flexibility index (Phi) is 4.09. The normalized spacial score (nSPS) is 16.7. The summed E-state index contributed by atoms with van der Waals surface area (Å²) < 4.78 is 0. The molecule has 2 rings (SSSR count). The molecule has 0 aliphatic heterocycles. The minimum absolute atomic E-state index is 0.0183. The number of benzene rings is 1. The van der Waals surface area contributed by atoms with E-state index in [1.165, 1.54) is 5.56 Å². The fourth-order valence-electron chi connectivity index (χ4n) is 2.02. The van der Waals surface area contributed by atoms with E-state index in [4.69, 9.17) is 0 Å². The first-order chi connectivity index (χ1) is 8.40. The zero-order valence-corrected chi connectivity index (χ0v) is 9.70. The largest absolute Gasteiger partial charge is 0.303 e. The lowest BCUT2D eigenvalue weighted by atomic mass is 9.87. The van der Waals surface area contributed by atoms with Crippen molar-refractivity contribution in [2.75, 3.05) is 0 Å². The first-order valence-corrected chi connectivity index (χ1v) is 5.91. The predicted octanol–water partition coefficient (Wildman–Crippen LogP) is 3.34. The van der Waals surface area contributed by atoms with Gasteiger partial charge in [-0.1, -0.05) is 66.8 Å². The summed E-state index contributed by atoms with van der Waals surface area (Å²) in [6.07, 6.45) is 14.0. The number of carbonyl (C=O) groups excluding carboxylic acids is 1. The smallest absolute Gasteiger partial charge is 0.124 e. The minimum atomic E-state index is 0.0183. The van der Waals surface area contributed by atoms with Crippen molar-refractivity contribution in [1.29, 1.82) is 0 Å². The summed E-state index contributed by atoms with van der Waals surface area (Å²) in [5, 5.41) is 0. The van der Waals surface area contributed by atoms with Gasteiger partial charge in [0.15, 0.2) is 0 Å². The monoisotopic (exact) mass is 224 g/mol. The van der Waals surface area contributed by atoms with Gasteiger partial charge in [-0.15, -0.1) is 0 Å². The molecule has 1 heteroatoms. The molecule has 1 aliphatic rings. The van der Waals surface area contributed by atoms with E-state index in [-0.39, 0.29) is 11.8 Å². The predicted molar refractivity (Wildman–Crippen MR) is 70.6 cm³/mol. The number of carbonyl (C=O) groups is 1. The highest BCUT2D eigenvalue weighted by Crippen LogP contribution is 2.20. The van der Waals surface area contributed by atoms with Gasteiger partial charge in [0.2, 0.25) is 0 Å². The van der Waals surface area contributed by atoms with E-state index in [9.17, 15) is 4.79 Å². The van der Waals surface area contributed by atoms with Gasteiger partial charge in [-0.05, 0) is 12.0 Å². The molecule has 0 unspecified atom stereocenters. The Hall–Kier alpha value is -1.89. The van der Waals surface area contributed by atoms with E-state index in [2.05, 4.69) is 24.3 Å². The highest BCUT2D eigenvalue weighted by molar-refractivity contribution is 5.56.